The van der Waals surface area contributed by atoms with Crippen molar-refractivity contribution >= 4 is 45.3 Å². The predicted octanol–water partition coefficient (Wildman–Crippen LogP) is 1.77. The number of aryl methyl sites for hydroxylation is 2. The monoisotopic (exact) mass is 890 g/mol. The minimum absolute atomic E-state index is 0.0926. The van der Waals surface area contributed by atoms with E-state index in [4.69, 9.17) is 20.7 Å². The van der Waals surface area contributed by atoms with Crippen LogP contribution in [0.4, 0.5) is 20.4 Å². The van der Waals surface area contributed by atoms with Gasteiger partial charge in [0.25, 0.3) is 11.1 Å². The zero-order valence-corrected chi connectivity index (χ0v) is 34.8. The number of carboxylic acids is 1. The number of nitrogens with one attached hydrogen (secondary N) is 3. The van der Waals surface area contributed by atoms with E-state index in [1.54, 1.807) is 35.4 Å². The number of carbonyl (C=O) groups excluding carboxylic acids is 1. The lowest BCUT2D eigenvalue weighted by molar-refractivity contribution is -0.137. The number of pyridine rings is 2. The maximum Gasteiger partial charge on any atom is 0.303 e. The Morgan fingerprint density at radius 2 is 1.26 bits per heavy atom. The lowest BCUT2D eigenvalue weighted by atomic mass is 10.1. The summed E-state index contributed by atoms with van der Waals surface area (Å²) < 4.78 is 27.2. The number of hydrogen-bond donors (Lipinski definition) is 6. The number of aromatic nitrogens is 6. The average Bonchev–Trinajstić information content (AvgIpc) is 3.32. The van der Waals surface area contributed by atoms with E-state index in [1.807, 2.05) is 23.1 Å². The minimum atomic E-state index is -0.980. The first kappa shape index (κ1) is 46.8. The molecule has 0 radical (unpaired) electrons. The van der Waals surface area contributed by atoms with Gasteiger partial charge < -0.3 is 45.3 Å². The Hall–Kier alpha value is -7.72. The van der Waals surface area contributed by atoms with Crippen molar-refractivity contribution in [3.05, 3.63) is 128 Å². The van der Waals surface area contributed by atoms with E-state index in [-0.39, 0.29) is 78.5 Å². The van der Waals surface area contributed by atoms with E-state index in [0.29, 0.717) is 42.4 Å². The normalized spacial score (nSPS) is 15.8. The van der Waals surface area contributed by atoms with Crippen LogP contribution in [0.2, 0.25) is 0 Å². The fourth-order valence-electron chi connectivity index (χ4n) is 7.21. The van der Waals surface area contributed by atoms with Crippen LogP contribution >= 0.6 is 0 Å². The third-order valence-electron chi connectivity index (χ3n) is 10.5. The van der Waals surface area contributed by atoms with Crippen molar-refractivity contribution in [2.24, 2.45) is 0 Å². The number of fused-ring (bicyclic) bond motifs is 2. The van der Waals surface area contributed by atoms with Crippen LogP contribution in [-0.4, -0.2) is 127 Å². The van der Waals surface area contributed by atoms with Crippen molar-refractivity contribution in [1.29, 1.82) is 10.5 Å². The summed E-state index contributed by atoms with van der Waals surface area (Å²) in [6, 6.07) is 19.2. The number of aliphatic hydroxyl groups excluding tert-OH is 2. The maximum absolute atomic E-state index is 13.8. The number of halogens is 2. The molecule has 0 bridgehead atoms. The number of carboxylic acid groups (broad SMARTS) is 1. The quantitative estimate of drug-likeness (QED) is 0.114. The van der Waals surface area contributed by atoms with Gasteiger partial charge in [0.2, 0.25) is 5.91 Å². The summed E-state index contributed by atoms with van der Waals surface area (Å²) in [7, 11) is 0. The summed E-state index contributed by atoms with van der Waals surface area (Å²) >= 11 is 0. The molecule has 1 amide bonds. The second-order valence-corrected chi connectivity index (χ2v) is 14.9. The number of anilines is 2. The third kappa shape index (κ3) is 12.1. The van der Waals surface area contributed by atoms with Crippen molar-refractivity contribution < 1.29 is 33.7 Å². The lowest BCUT2D eigenvalue weighted by Crippen LogP contribution is -2.57. The number of carbonyl (C=O) groups is 2. The summed E-state index contributed by atoms with van der Waals surface area (Å²) in [6.07, 6.45) is 3.32. The van der Waals surface area contributed by atoms with E-state index < -0.39 is 34.8 Å². The number of nitrogens with zero attached hydrogens (tertiary/aromatic N) is 9. The van der Waals surface area contributed by atoms with Gasteiger partial charge in [0.15, 0.2) is 0 Å². The zero-order chi connectivity index (χ0) is 46.5. The van der Waals surface area contributed by atoms with Gasteiger partial charge in [-0.2, -0.15) is 10.5 Å². The maximum atomic E-state index is 13.8. The first-order chi connectivity index (χ1) is 31.4. The Labute approximate surface area is 369 Å². The summed E-state index contributed by atoms with van der Waals surface area (Å²) in [4.78, 5) is 74.4. The highest BCUT2D eigenvalue weighted by atomic mass is 19.1. The fraction of sp³-hybridized carbons (Fsp3) is 0.318. The van der Waals surface area contributed by atoms with E-state index in [0.717, 1.165) is 25.5 Å². The Balaban J connectivity index is 0.000000178. The number of aliphatic hydroxyl groups is 2. The molecule has 2 fully saturated rings. The van der Waals surface area contributed by atoms with Crippen LogP contribution in [0.5, 0.6) is 0 Å². The van der Waals surface area contributed by atoms with Gasteiger partial charge in [0.1, 0.15) is 57.8 Å². The van der Waals surface area contributed by atoms with E-state index in [2.05, 4.69) is 40.1 Å². The van der Waals surface area contributed by atoms with Crippen LogP contribution in [0.1, 0.15) is 35.6 Å². The number of aromatic amines is 2. The molecular formula is C44H44F2N12O7. The van der Waals surface area contributed by atoms with Crippen LogP contribution in [0.25, 0.3) is 21.8 Å². The molecule has 6 heterocycles. The molecule has 0 spiro atoms. The number of aliphatic carboxylic acids is 1. The molecule has 2 aliphatic heterocycles. The van der Waals surface area contributed by atoms with Gasteiger partial charge in [0.05, 0.1) is 47.8 Å². The molecule has 2 saturated heterocycles. The number of hydrogen-bond acceptors (Lipinski definition) is 15. The summed E-state index contributed by atoms with van der Waals surface area (Å²) in [5, 5.41) is 48.0. The van der Waals surface area contributed by atoms with E-state index in [9.17, 15) is 33.1 Å². The Morgan fingerprint density at radius 3 is 1.74 bits per heavy atom. The van der Waals surface area contributed by atoms with Crippen LogP contribution < -0.4 is 26.2 Å². The van der Waals surface area contributed by atoms with Crippen molar-refractivity contribution in [2.75, 3.05) is 62.3 Å². The van der Waals surface area contributed by atoms with Crippen LogP contribution in [0, 0.1) is 34.3 Å². The van der Waals surface area contributed by atoms with Gasteiger partial charge >= 0.3 is 5.97 Å². The van der Waals surface area contributed by atoms with Gasteiger partial charge in [0, 0.05) is 77.0 Å². The third-order valence-corrected chi connectivity index (χ3v) is 10.5. The molecule has 0 saturated carbocycles. The molecule has 6 N–H and O–H groups in total. The largest absolute Gasteiger partial charge is 0.481 e. The molecule has 4 aromatic heterocycles. The number of rotatable bonds is 10. The highest BCUT2D eigenvalue weighted by molar-refractivity contribution is 5.79. The number of benzene rings is 2. The van der Waals surface area contributed by atoms with Crippen molar-refractivity contribution in [2.45, 2.75) is 37.8 Å². The first-order valence-electron chi connectivity index (χ1n) is 20.4. The standard InChI is InChI=1S/C22H21FN6O3.C11H9FN2O3.C11H14N4O/c23-16-2-1-3-17-21(16)22(32)27-18(26-17)5-7-20(31)29-9-8-28(12-15(29)13-30)19-6-4-14(10-24)11-25-19;12-6-2-1-3-7-10(6)11(17)14-8(13-7)4-5-9(15)16;12-5-9-1-2-11(14-6-9)15-4-3-13-10(7-15)8-16/h1-4,6,11,15,30H,5,7-9,12-13H2,(H,26,27,32);1-3H,4-5H2,(H,15,16)(H,13,14,17);1-2,6,10,13,16H,3-4,7-8H2. The van der Waals surface area contributed by atoms with Crippen LogP contribution in [0.15, 0.2) is 82.6 Å². The van der Waals surface area contributed by atoms with Crippen molar-refractivity contribution in [1.82, 2.24) is 40.1 Å². The van der Waals surface area contributed by atoms with Gasteiger partial charge in [-0.1, -0.05) is 12.1 Å². The Kier molecular flexibility index (Phi) is 15.9. The highest BCUT2D eigenvalue weighted by Crippen LogP contribution is 2.20. The molecule has 65 heavy (non-hydrogen) atoms. The van der Waals surface area contributed by atoms with Gasteiger partial charge in [-0.25, -0.2) is 28.7 Å². The molecule has 8 rings (SSSR count). The molecule has 6 aromatic rings. The molecule has 2 unspecified atom stereocenters. The summed E-state index contributed by atoms with van der Waals surface area (Å²) in [5.41, 5.74) is 0.338. The topological polar surface area (TPSA) is 281 Å². The van der Waals surface area contributed by atoms with E-state index >= 15 is 0 Å². The van der Waals surface area contributed by atoms with Crippen molar-refractivity contribution in [3.8, 4) is 12.1 Å². The van der Waals surface area contributed by atoms with Crippen LogP contribution in [0.3, 0.4) is 0 Å². The molecule has 2 atom stereocenters. The van der Waals surface area contributed by atoms with Crippen molar-refractivity contribution in [3.63, 3.8) is 0 Å². The van der Waals surface area contributed by atoms with Gasteiger partial charge in [-0.3, -0.25) is 19.2 Å². The van der Waals surface area contributed by atoms with Gasteiger partial charge in [-0.15, -0.1) is 0 Å². The highest BCUT2D eigenvalue weighted by Gasteiger charge is 2.30. The van der Waals surface area contributed by atoms with Gasteiger partial charge in [-0.05, 0) is 48.5 Å². The number of amides is 1. The second-order valence-electron chi connectivity index (χ2n) is 14.9. The fourth-order valence-corrected chi connectivity index (χ4v) is 7.21. The number of nitriles is 2. The molecule has 0 aliphatic carbocycles. The Bertz CT molecular complexity index is 2830. The molecule has 19 nitrogen and oxygen atoms in total. The second kappa shape index (κ2) is 22.1. The summed E-state index contributed by atoms with van der Waals surface area (Å²) in [5.74, 6) is -0.331. The SMILES string of the molecule is N#Cc1ccc(N2CCN(C(=O)CCc3nc4cccc(F)c4c(=O)[nH]3)C(CO)C2)nc1.N#Cc1ccc(N2CCNC(CO)C2)nc1.O=C(O)CCc1nc2cccc(F)c2c(=O)[nH]1. The molecule has 336 valence electrons. The lowest BCUT2D eigenvalue weighted by Gasteiger charge is -2.41. The molecule has 21 heteroatoms. The number of piperazine rings is 2. The predicted molar refractivity (Wildman–Crippen MR) is 233 cm³/mol. The summed E-state index contributed by atoms with van der Waals surface area (Å²) in [6.45, 7) is 3.73. The molecule has 2 aromatic carbocycles. The smallest absolute Gasteiger partial charge is 0.303 e. The van der Waals surface area contributed by atoms with Crippen LogP contribution in [-0.2, 0) is 22.4 Å². The molecule has 2 aliphatic rings. The first-order valence-corrected chi connectivity index (χ1v) is 20.4. The number of H-pyrrole nitrogens is 2. The average molecular weight is 891 g/mol. The molecular weight excluding hydrogens is 847 g/mol. The zero-order valence-electron chi connectivity index (χ0n) is 34.8. The minimum Gasteiger partial charge on any atom is -0.481 e. The van der Waals surface area contributed by atoms with E-state index in [1.165, 1.54) is 36.5 Å². The Morgan fingerprint density at radius 1 is 0.723 bits per heavy atom.